The van der Waals surface area contributed by atoms with E-state index in [2.05, 4.69) is 0 Å². The fraction of sp³-hybridized carbons (Fsp3) is 0.182. The number of anilines is 1. The number of aromatic carboxylic acids is 1. The molecule has 1 fully saturated rings. The van der Waals surface area contributed by atoms with Gasteiger partial charge in [0.25, 0.3) is 0 Å². The quantitative estimate of drug-likeness (QED) is 0.565. The lowest BCUT2D eigenvalue weighted by molar-refractivity contribution is -0.119. The number of nitrogens with zero attached hydrogens (tertiary/aromatic N) is 1. The van der Waals surface area contributed by atoms with Gasteiger partial charge < -0.3 is 10.0 Å². The molecule has 6 heteroatoms. The van der Waals surface area contributed by atoms with Gasteiger partial charge in [-0.25, -0.2) is 4.79 Å². The molecule has 1 aliphatic rings. The number of carbonyl (C=O) groups is 2. The fourth-order valence-corrected chi connectivity index (χ4v) is 4.35. The molecule has 4 nitrogen and oxygen atoms in total. The van der Waals surface area contributed by atoms with E-state index in [1.165, 1.54) is 11.3 Å². The zero-order chi connectivity index (χ0) is 19.7. The van der Waals surface area contributed by atoms with Crippen LogP contribution in [0.3, 0.4) is 0 Å². The van der Waals surface area contributed by atoms with Crippen LogP contribution in [0, 0.1) is 5.92 Å². The molecule has 0 unspecified atom stereocenters. The van der Waals surface area contributed by atoms with Crippen molar-refractivity contribution in [1.29, 1.82) is 0 Å². The third-order valence-corrected chi connectivity index (χ3v) is 6.07. The Hall–Kier alpha value is -2.63. The molecule has 3 aromatic rings. The van der Waals surface area contributed by atoms with Gasteiger partial charge in [0.2, 0.25) is 5.91 Å². The second kappa shape index (κ2) is 7.78. The molecule has 0 spiro atoms. The van der Waals surface area contributed by atoms with Gasteiger partial charge in [-0.1, -0.05) is 54.1 Å². The highest BCUT2D eigenvalue weighted by molar-refractivity contribution is 7.18. The molecule has 1 heterocycles. The van der Waals surface area contributed by atoms with Crippen molar-refractivity contribution in [2.75, 3.05) is 4.90 Å². The van der Waals surface area contributed by atoms with Gasteiger partial charge in [0, 0.05) is 15.8 Å². The molecule has 142 valence electrons. The lowest BCUT2D eigenvalue weighted by Gasteiger charge is -2.23. The number of benzene rings is 2. The molecule has 1 N–H and O–H groups in total. The largest absolute Gasteiger partial charge is 0.477 e. The van der Waals surface area contributed by atoms with Crippen LogP contribution in [0.2, 0.25) is 5.02 Å². The molecule has 0 aliphatic heterocycles. The van der Waals surface area contributed by atoms with Crippen molar-refractivity contribution in [3.8, 4) is 10.4 Å². The maximum absolute atomic E-state index is 13.0. The normalized spacial score (nSPS) is 13.3. The van der Waals surface area contributed by atoms with E-state index in [1.54, 1.807) is 17.0 Å². The average Bonchev–Trinajstić information content (AvgIpc) is 3.44. The number of thiophene rings is 1. The van der Waals surface area contributed by atoms with E-state index in [9.17, 15) is 14.7 Å². The predicted molar refractivity (Wildman–Crippen MR) is 112 cm³/mol. The van der Waals surface area contributed by atoms with E-state index >= 15 is 0 Å². The highest BCUT2D eigenvalue weighted by Crippen LogP contribution is 2.40. The standard InChI is InChI=1S/C22H18ClNO3S/c23-17-8-4-5-14(11-17)13-24(21(25)16-9-10-16)18-12-19(28-20(18)22(26)27)15-6-2-1-3-7-15/h1-8,11-12,16H,9-10,13H2,(H,26,27). The Balaban J connectivity index is 1.77. The number of hydrogen-bond acceptors (Lipinski definition) is 3. The Labute approximate surface area is 172 Å². The lowest BCUT2D eigenvalue weighted by Crippen LogP contribution is -2.32. The van der Waals surface area contributed by atoms with Crippen molar-refractivity contribution in [3.05, 3.63) is 76.1 Å². The monoisotopic (exact) mass is 411 g/mol. The minimum Gasteiger partial charge on any atom is -0.477 e. The van der Waals surface area contributed by atoms with Gasteiger partial charge in [-0.05, 0) is 42.2 Å². The van der Waals surface area contributed by atoms with Crippen molar-refractivity contribution in [2.45, 2.75) is 19.4 Å². The minimum absolute atomic E-state index is 0.0269. The van der Waals surface area contributed by atoms with Crippen molar-refractivity contribution in [2.24, 2.45) is 5.92 Å². The van der Waals surface area contributed by atoms with Crippen LogP contribution in [0.4, 0.5) is 5.69 Å². The van der Waals surface area contributed by atoms with E-state index in [0.717, 1.165) is 28.8 Å². The first-order valence-electron chi connectivity index (χ1n) is 9.01. The molecule has 1 amide bonds. The van der Waals surface area contributed by atoms with Gasteiger partial charge in [0.15, 0.2) is 0 Å². The summed E-state index contributed by atoms with van der Waals surface area (Å²) in [6.45, 7) is 0.293. The molecule has 4 rings (SSSR count). The summed E-state index contributed by atoms with van der Waals surface area (Å²) in [7, 11) is 0. The number of carboxylic acids is 1. The Morgan fingerprint density at radius 2 is 1.82 bits per heavy atom. The number of amides is 1. The van der Waals surface area contributed by atoms with Crippen molar-refractivity contribution in [3.63, 3.8) is 0 Å². The maximum atomic E-state index is 13.0. The van der Waals surface area contributed by atoms with Crippen LogP contribution in [-0.2, 0) is 11.3 Å². The van der Waals surface area contributed by atoms with Crippen molar-refractivity contribution < 1.29 is 14.7 Å². The van der Waals surface area contributed by atoms with E-state index < -0.39 is 5.97 Å². The molecule has 1 saturated carbocycles. The molecule has 0 saturated heterocycles. The molecule has 1 aliphatic carbocycles. The average molecular weight is 412 g/mol. The fourth-order valence-electron chi connectivity index (χ4n) is 3.13. The number of hydrogen-bond donors (Lipinski definition) is 1. The molecule has 2 aromatic carbocycles. The van der Waals surface area contributed by atoms with Gasteiger partial charge in [-0.3, -0.25) is 4.79 Å². The predicted octanol–water partition coefficient (Wildman–Crippen LogP) is 5.71. The zero-order valence-corrected chi connectivity index (χ0v) is 16.5. The van der Waals surface area contributed by atoms with Crippen LogP contribution in [-0.4, -0.2) is 17.0 Å². The number of rotatable bonds is 6. The molecular formula is C22H18ClNO3S. The number of carbonyl (C=O) groups excluding carboxylic acids is 1. The zero-order valence-electron chi connectivity index (χ0n) is 15.0. The maximum Gasteiger partial charge on any atom is 0.348 e. The van der Waals surface area contributed by atoms with Gasteiger partial charge in [-0.15, -0.1) is 11.3 Å². The van der Waals surface area contributed by atoms with Crippen LogP contribution in [0.5, 0.6) is 0 Å². The molecule has 0 bridgehead atoms. The van der Waals surface area contributed by atoms with Crippen LogP contribution in [0.25, 0.3) is 10.4 Å². The summed E-state index contributed by atoms with van der Waals surface area (Å²) in [5.41, 5.74) is 2.25. The van der Waals surface area contributed by atoms with E-state index in [-0.39, 0.29) is 16.7 Å². The summed E-state index contributed by atoms with van der Waals surface area (Å²) in [4.78, 5) is 27.6. The Kier molecular flexibility index (Phi) is 5.20. The van der Waals surface area contributed by atoms with Gasteiger partial charge >= 0.3 is 5.97 Å². The van der Waals surface area contributed by atoms with Crippen LogP contribution in [0.15, 0.2) is 60.7 Å². The number of halogens is 1. The molecule has 1 aromatic heterocycles. The number of carboxylic acid groups (broad SMARTS) is 1. The second-order valence-electron chi connectivity index (χ2n) is 6.82. The van der Waals surface area contributed by atoms with E-state index in [4.69, 9.17) is 11.6 Å². The van der Waals surface area contributed by atoms with Gasteiger partial charge in [-0.2, -0.15) is 0 Å². The highest BCUT2D eigenvalue weighted by Gasteiger charge is 2.36. The van der Waals surface area contributed by atoms with E-state index in [0.29, 0.717) is 17.3 Å². The summed E-state index contributed by atoms with van der Waals surface area (Å²) >= 11 is 7.29. The Bertz CT molecular complexity index is 1030. The molecular weight excluding hydrogens is 394 g/mol. The third kappa shape index (κ3) is 3.96. The minimum atomic E-state index is -1.03. The van der Waals surface area contributed by atoms with Gasteiger partial charge in [0.1, 0.15) is 4.88 Å². The first kappa shape index (κ1) is 18.7. The first-order chi connectivity index (χ1) is 13.5. The Morgan fingerprint density at radius 3 is 2.46 bits per heavy atom. The smallest absolute Gasteiger partial charge is 0.348 e. The van der Waals surface area contributed by atoms with Crippen LogP contribution in [0.1, 0.15) is 28.1 Å². The van der Waals surface area contributed by atoms with Crippen molar-refractivity contribution in [1.82, 2.24) is 0 Å². The second-order valence-corrected chi connectivity index (χ2v) is 8.31. The highest BCUT2D eigenvalue weighted by atomic mass is 35.5. The van der Waals surface area contributed by atoms with Crippen LogP contribution < -0.4 is 4.90 Å². The molecule has 28 heavy (non-hydrogen) atoms. The summed E-state index contributed by atoms with van der Waals surface area (Å²) in [5, 5.41) is 10.4. The summed E-state index contributed by atoms with van der Waals surface area (Å²) in [6.07, 6.45) is 1.70. The van der Waals surface area contributed by atoms with Crippen LogP contribution >= 0.6 is 22.9 Å². The Morgan fingerprint density at radius 1 is 1.07 bits per heavy atom. The summed E-state index contributed by atoms with van der Waals surface area (Å²) < 4.78 is 0. The third-order valence-electron chi connectivity index (χ3n) is 4.68. The van der Waals surface area contributed by atoms with Crippen molar-refractivity contribution >= 4 is 40.5 Å². The molecule has 0 atom stereocenters. The van der Waals surface area contributed by atoms with E-state index in [1.807, 2.05) is 48.5 Å². The molecule has 0 radical (unpaired) electrons. The first-order valence-corrected chi connectivity index (χ1v) is 10.2. The topological polar surface area (TPSA) is 57.6 Å². The summed E-state index contributed by atoms with van der Waals surface area (Å²) in [6, 6.07) is 18.7. The summed E-state index contributed by atoms with van der Waals surface area (Å²) in [5.74, 6) is -1.08. The SMILES string of the molecule is O=C(O)c1sc(-c2ccccc2)cc1N(Cc1cccc(Cl)c1)C(=O)C1CC1. The lowest BCUT2D eigenvalue weighted by atomic mass is 10.1. The van der Waals surface area contributed by atoms with Gasteiger partial charge in [0.05, 0.1) is 12.2 Å².